The van der Waals surface area contributed by atoms with Crippen molar-refractivity contribution in [2.75, 3.05) is 5.73 Å². The minimum absolute atomic E-state index is 0.743. The lowest BCUT2D eigenvalue weighted by molar-refractivity contribution is 1.57. The van der Waals surface area contributed by atoms with E-state index in [1.165, 1.54) is 5.56 Å². The molecule has 1 nitrogen and oxygen atoms in total. The Morgan fingerprint density at radius 2 is 1.68 bits per heavy atom. The number of hydrogen-bond donors (Lipinski definition) is 1. The molecule has 0 atom stereocenters. The molecule has 0 saturated heterocycles. The first kappa shape index (κ1) is 12.9. The maximum absolute atomic E-state index is 6.05. The average molecular weight is 247 g/mol. The van der Waals surface area contributed by atoms with Gasteiger partial charge in [0.15, 0.2) is 0 Å². The first-order chi connectivity index (χ1) is 9.26. The third kappa shape index (κ3) is 2.83. The second kappa shape index (κ2) is 5.87. The van der Waals surface area contributed by atoms with E-state index < -0.39 is 0 Å². The molecule has 2 aromatic rings. The van der Waals surface area contributed by atoms with Gasteiger partial charge < -0.3 is 5.73 Å². The van der Waals surface area contributed by atoms with E-state index in [1.54, 1.807) is 12.2 Å². The second-order valence-corrected chi connectivity index (χ2v) is 4.23. The number of nitrogens with two attached hydrogens (primary N) is 1. The molecule has 0 saturated carbocycles. The van der Waals surface area contributed by atoms with Crippen LogP contribution in [0.5, 0.6) is 0 Å². The summed E-state index contributed by atoms with van der Waals surface area (Å²) in [7, 11) is 0. The van der Waals surface area contributed by atoms with Gasteiger partial charge in [0.1, 0.15) is 0 Å². The zero-order valence-electron chi connectivity index (χ0n) is 10.8. The molecule has 2 N–H and O–H groups in total. The molecule has 0 bridgehead atoms. The van der Waals surface area contributed by atoms with E-state index >= 15 is 0 Å². The summed E-state index contributed by atoms with van der Waals surface area (Å²) in [6.07, 6.45) is 5.45. The van der Waals surface area contributed by atoms with E-state index in [0.29, 0.717) is 0 Å². The van der Waals surface area contributed by atoms with E-state index in [4.69, 9.17) is 5.73 Å². The van der Waals surface area contributed by atoms with Gasteiger partial charge in [-0.15, -0.1) is 0 Å². The van der Waals surface area contributed by atoms with Gasteiger partial charge in [0.05, 0.1) is 0 Å². The maximum Gasteiger partial charge on any atom is 0.0394 e. The molecule has 0 aliphatic rings. The minimum Gasteiger partial charge on any atom is -0.398 e. The highest BCUT2D eigenvalue weighted by Crippen LogP contribution is 2.28. The zero-order chi connectivity index (χ0) is 13.7. The lowest BCUT2D eigenvalue weighted by Crippen LogP contribution is -1.93. The molecule has 2 rings (SSSR count). The summed E-state index contributed by atoms with van der Waals surface area (Å²) in [4.78, 5) is 0. The smallest absolute Gasteiger partial charge is 0.0394 e. The SMILES string of the molecule is C=C/C=C(\C=C)c1cc(-c2ccccc2)ccc1N. The number of benzene rings is 2. The Morgan fingerprint density at radius 3 is 2.32 bits per heavy atom. The number of nitrogen functional groups attached to an aromatic ring is 1. The second-order valence-electron chi connectivity index (χ2n) is 4.23. The van der Waals surface area contributed by atoms with Crippen LogP contribution in [0.1, 0.15) is 5.56 Å². The topological polar surface area (TPSA) is 26.0 Å². The quantitative estimate of drug-likeness (QED) is 0.615. The van der Waals surface area contributed by atoms with Crippen molar-refractivity contribution in [2.24, 2.45) is 0 Å². The van der Waals surface area contributed by atoms with Gasteiger partial charge in [0, 0.05) is 11.3 Å². The summed E-state index contributed by atoms with van der Waals surface area (Å²) < 4.78 is 0. The van der Waals surface area contributed by atoms with E-state index in [1.807, 2.05) is 36.4 Å². The van der Waals surface area contributed by atoms with Crippen molar-refractivity contribution < 1.29 is 0 Å². The summed E-state index contributed by atoms with van der Waals surface area (Å²) in [5, 5.41) is 0. The Kier molecular flexibility index (Phi) is 3.99. The molecule has 1 heteroatoms. The highest BCUT2D eigenvalue weighted by molar-refractivity contribution is 5.84. The highest BCUT2D eigenvalue weighted by Gasteiger charge is 2.05. The van der Waals surface area contributed by atoms with Crippen LogP contribution in [-0.4, -0.2) is 0 Å². The van der Waals surface area contributed by atoms with E-state index in [2.05, 4.69) is 31.4 Å². The van der Waals surface area contributed by atoms with E-state index in [9.17, 15) is 0 Å². The van der Waals surface area contributed by atoms with Crippen LogP contribution in [0.15, 0.2) is 79.9 Å². The van der Waals surface area contributed by atoms with Gasteiger partial charge in [0.2, 0.25) is 0 Å². The van der Waals surface area contributed by atoms with Crippen LogP contribution in [0.25, 0.3) is 16.7 Å². The Morgan fingerprint density at radius 1 is 0.947 bits per heavy atom. The van der Waals surface area contributed by atoms with Gasteiger partial charge in [-0.1, -0.05) is 67.8 Å². The van der Waals surface area contributed by atoms with Crippen LogP contribution < -0.4 is 5.73 Å². The predicted molar refractivity (Wildman–Crippen MR) is 84.7 cm³/mol. The standard InChI is InChI=1S/C18H17N/c1-3-8-14(4-2)17-13-16(11-12-18(17)19)15-9-6-5-7-10-15/h3-13H,1-2,19H2/b14-8+. The van der Waals surface area contributed by atoms with Gasteiger partial charge in [-0.25, -0.2) is 0 Å². The first-order valence-electron chi connectivity index (χ1n) is 6.16. The van der Waals surface area contributed by atoms with Crippen molar-refractivity contribution >= 4 is 11.3 Å². The fraction of sp³-hybridized carbons (Fsp3) is 0. The third-order valence-corrected chi connectivity index (χ3v) is 2.99. The highest BCUT2D eigenvalue weighted by atomic mass is 14.6. The average Bonchev–Trinajstić information content (AvgIpc) is 2.46. The predicted octanol–water partition coefficient (Wildman–Crippen LogP) is 4.69. The van der Waals surface area contributed by atoms with Crippen LogP contribution in [-0.2, 0) is 0 Å². The molecule has 0 aliphatic heterocycles. The van der Waals surface area contributed by atoms with E-state index in [-0.39, 0.29) is 0 Å². The van der Waals surface area contributed by atoms with Gasteiger partial charge in [-0.05, 0) is 28.8 Å². The molecule has 0 spiro atoms. The van der Waals surface area contributed by atoms with Crippen LogP contribution >= 0.6 is 0 Å². The Labute approximate surface area is 114 Å². The maximum atomic E-state index is 6.05. The lowest BCUT2D eigenvalue weighted by Gasteiger charge is -2.09. The molecule has 2 aromatic carbocycles. The summed E-state index contributed by atoms with van der Waals surface area (Å²) in [6, 6.07) is 16.3. The van der Waals surface area contributed by atoms with Gasteiger partial charge in [0.25, 0.3) is 0 Å². The molecule has 0 aromatic heterocycles. The fourth-order valence-corrected chi connectivity index (χ4v) is 2.01. The van der Waals surface area contributed by atoms with Crippen molar-refractivity contribution in [1.82, 2.24) is 0 Å². The summed E-state index contributed by atoms with van der Waals surface area (Å²) in [5.41, 5.74) is 11.1. The Bertz CT molecular complexity index is 621. The largest absolute Gasteiger partial charge is 0.398 e. The summed E-state index contributed by atoms with van der Waals surface area (Å²) in [5.74, 6) is 0. The molecule has 0 aliphatic carbocycles. The minimum atomic E-state index is 0.743. The first-order valence-corrected chi connectivity index (χ1v) is 6.16. The molecule has 94 valence electrons. The fourth-order valence-electron chi connectivity index (χ4n) is 2.01. The normalized spacial score (nSPS) is 11.1. The number of hydrogen-bond acceptors (Lipinski definition) is 1. The van der Waals surface area contributed by atoms with Crippen LogP contribution in [0.2, 0.25) is 0 Å². The summed E-state index contributed by atoms with van der Waals surface area (Å²) >= 11 is 0. The molecule has 0 radical (unpaired) electrons. The van der Waals surface area contributed by atoms with Crippen molar-refractivity contribution in [2.45, 2.75) is 0 Å². The van der Waals surface area contributed by atoms with Crippen LogP contribution in [0, 0.1) is 0 Å². The van der Waals surface area contributed by atoms with Gasteiger partial charge in [-0.2, -0.15) is 0 Å². The molecule has 19 heavy (non-hydrogen) atoms. The molecule has 0 unspecified atom stereocenters. The van der Waals surface area contributed by atoms with Crippen molar-refractivity contribution in [3.8, 4) is 11.1 Å². The zero-order valence-corrected chi connectivity index (χ0v) is 10.8. The lowest BCUT2D eigenvalue weighted by atomic mass is 9.97. The molecular formula is C18H17N. The van der Waals surface area contributed by atoms with Crippen molar-refractivity contribution in [3.05, 3.63) is 85.5 Å². The summed E-state index contributed by atoms with van der Waals surface area (Å²) in [6.45, 7) is 7.55. The van der Waals surface area contributed by atoms with Gasteiger partial charge in [-0.3, -0.25) is 0 Å². The third-order valence-electron chi connectivity index (χ3n) is 2.99. The Hall–Kier alpha value is -2.54. The van der Waals surface area contributed by atoms with Gasteiger partial charge >= 0.3 is 0 Å². The van der Waals surface area contributed by atoms with E-state index in [0.717, 1.165) is 22.4 Å². The number of allylic oxidation sites excluding steroid dienone is 4. The number of rotatable bonds is 4. The molecule has 0 heterocycles. The van der Waals surface area contributed by atoms with Crippen molar-refractivity contribution in [3.63, 3.8) is 0 Å². The van der Waals surface area contributed by atoms with Crippen molar-refractivity contribution in [1.29, 1.82) is 0 Å². The van der Waals surface area contributed by atoms with Crippen LogP contribution in [0.3, 0.4) is 0 Å². The van der Waals surface area contributed by atoms with Crippen LogP contribution in [0.4, 0.5) is 5.69 Å². The Balaban J connectivity index is 2.54. The monoisotopic (exact) mass is 247 g/mol. The molecule has 0 fully saturated rings. The molecular weight excluding hydrogens is 230 g/mol. The number of anilines is 1. The molecule has 0 amide bonds.